The second-order valence-electron chi connectivity index (χ2n) is 5.67. The molecule has 0 unspecified atom stereocenters. The van der Waals surface area contributed by atoms with Gasteiger partial charge in [-0.2, -0.15) is 0 Å². The zero-order chi connectivity index (χ0) is 14.7. The molecule has 2 rings (SSSR count). The molecule has 1 amide bonds. The van der Waals surface area contributed by atoms with Gasteiger partial charge in [-0.3, -0.25) is 4.79 Å². The van der Waals surface area contributed by atoms with E-state index in [2.05, 4.69) is 24.1 Å². The molecule has 1 heterocycles. The number of hydrogen-bond donors (Lipinski definition) is 1. The summed E-state index contributed by atoms with van der Waals surface area (Å²) in [6, 6.07) is 2.11. The molecule has 0 atom stereocenters. The summed E-state index contributed by atoms with van der Waals surface area (Å²) >= 11 is 6.16. The summed E-state index contributed by atoms with van der Waals surface area (Å²) in [5, 5.41) is 3.57. The van der Waals surface area contributed by atoms with E-state index in [4.69, 9.17) is 11.6 Å². The van der Waals surface area contributed by atoms with E-state index in [0.717, 1.165) is 25.9 Å². The fourth-order valence-electron chi connectivity index (χ4n) is 2.20. The summed E-state index contributed by atoms with van der Waals surface area (Å²) in [6.45, 7) is 7.77. The molecule has 1 aliphatic rings. The number of rotatable bonds is 6. The highest BCUT2D eigenvalue weighted by Crippen LogP contribution is 2.30. The molecule has 5 heteroatoms. The fourth-order valence-corrected chi connectivity index (χ4v) is 2.43. The number of carbonyl (C=O) groups is 1. The average Bonchev–Trinajstić information content (AvgIpc) is 3.22. The molecule has 0 aliphatic heterocycles. The van der Waals surface area contributed by atoms with E-state index in [1.807, 2.05) is 11.8 Å². The Kier molecular flexibility index (Phi) is 4.86. The maximum atomic E-state index is 12.6. The van der Waals surface area contributed by atoms with Crippen molar-refractivity contribution in [2.75, 3.05) is 18.4 Å². The highest BCUT2D eigenvalue weighted by molar-refractivity contribution is 6.33. The van der Waals surface area contributed by atoms with Crippen molar-refractivity contribution in [1.29, 1.82) is 0 Å². The summed E-state index contributed by atoms with van der Waals surface area (Å²) < 4.78 is 0. The molecular weight excluding hydrogens is 274 g/mol. The lowest BCUT2D eigenvalue weighted by Crippen LogP contribution is -2.36. The molecule has 0 saturated heterocycles. The molecule has 0 aromatic carbocycles. The van der Waals surface area contributed by atoms with E-state index in [1.165, 1.54) is 0 Å². The molecule has 1 saturated carbocycles. The number of pyridine rings is 1. The van der Waals surface area contributed by atoms with Crippen LogP contribution in [0.3, 0.4) is 0 Å². The van der Waals surface area contributed by atoms with Crippen molar-refractivity contribution in [3.8, 4) is 0 Å². The van der Waals surface area contributed by atoms with Crippen LogP contribution in [0.25, 0.3) is 0 Å². The standard InChI is InChI=1S/C15H22ClN3O/c1-4-17-14-13(16)7-11(8-18-14)15(20)19(9-10(2)3)12-5-6-12/h7-8,10,12H,4-6,9H2,1-3H3,(H,17,18). The highest BCUT2D eigenvalue weighted by atomic mass is 35.5. The van der Waals surface area contributed by atoms with Crippen LogP contribution in [0.4, 0.5) is 5.82 Å². The Hall–Kier alpha value is -1.29. The average molecular weight is 296 g/mol. The SMILES string of the molecule is CCNc1ncc(C(=O)N(CC(C)C)C2CC2)cc1Cl. The Balaban J connectivity index is 2.16. The predicted octanol–water partition coefficient (Wildman–Crippen LogP) is 3.43. The van der Waals surface area contributed by atoms with Gasteiger partial charge in [0.25, 0.3) is 5.91 Å². The zero-order valence-corrected chi connectivity index (χ0v) is 13.1. The van der Waals surface area contributed by atoms with Crippen LogP contribution in [-0.4, -0.2) is 34.9 Å². The number of halogens is 1. The third-order valence-electron chi connectivity index (χ3n) is 3.24. The van der Waals surface area contributed by atoms with Gasteiger partial charge in [0.05, 0.1) is 10.6 Å². The van der Waals surface area contributed by atoms with Gasteiger partial charge in [0.1, 0.15) is 5.82 Å². The van der Waals surface area contributed by atoms with Crippen LogP contribution in [0.2, 0.25) is 5.02 Å². The van der Waals surface area contributed by atoms with Crippen LogP contribution in [0, 0.1) is 5.92 Å². The van der Waals surface area contributed by atoms with E-state index in [1.54, 1.807) is 12.3 Å². The van der Waals surface area contributed by atoms with Gasteiger partial charge in [0, 0.05) is 25.3 Å². The molecule has 1 aromatic heterocycles. The summed E-state index contributed by atoms with van der Waals surface area (Å²) in [6.07, 6.45) is 3.83. The van der Waals surface area contributed by atoms with Crippen LogP contribution >= 0.6 is 11.6 Å². The summed E-state index contributed by atoms with van der Waals surface area (Å²) in [4.78, 5) is 18.8. The highest BCUT2D eigenvalue weighted by Gasteiger charge is 2.33. The van der Waals surface area contributed by atoms with Crippen molar-refractivity contribution in [2.24, 2.45) is 5.92 Å². The van der Waals surface area contributed by atoms with Crippen molar-refractivity contribution in [3.05, 3.63) is 22.8 Å². The summed E-state index contributed by atoms with van der Waals surface area (Å²) in [5.41, 5.74) is 0.573. The van der Waals surface area contributed by atoms with Crippen molar-refractivity contribution < 1.29 is 4.79 Å². The summed E-state index contributed by atoms with van der Waals surface area (Å²) in [5.74, 6) is 1.13. The number of nitrogens with zero attached hydrogens (tertiary/aromatic N) is 2. The summed E-state index contributed by atoms with van der Waals surface area (Å²) in [7, 11) is 0. The molecule has 1 fully saturated rings. The Morgan fingerprint density at radius 3 is 2.75 bits per heavy atom. The van der Waals surface area contributed by atoms with Gasteiger partial charge >= 0.3 is 0 Å². The second kappa shape index (κ2) is 6.44. The van der Waals surface area contributed by atoms with Crippen molar-refractivity contribution in [1.82, 2.24) is 9.88 Å². The van der Waals surface area contributed by atoms with E-state index in [9.17, 15) is 4.79 Å². The van der Waals surface area contributed by atoms with Gasteiger partial charge in [-0.05, 0) is 31.7 Å². The molecule has 1 N–H and O–H groups in total. The number of carbonyl (C=O) groups excluding carboxylic acids is 1. The third kappa shape index (κ3) is 3.63. The first-order chi connectivity index (χ1) is 9.52. The van der Waals surface area contributed by atoms with Gasteiger partial charge in [0.15, 0.2) is 0 Å². The first-order valence-corrected chi connectivity index (χ1v) is 7.61. The third-order valence-corrected chi connectivity index (χ3v) is 3.53. The fraction of sp³-hybridized carbons (Fsp3) is 0.600. The normalized spacial score (nSPS) is 14.4. The zero-order valence-electron chi connectivity index (χ0n) is 12.3. The number of aromatic nitrogens is 1. The molecule has 4 nitrogen and oxygen atoms in total. The number of hydrogen-bond acceptors (Lipinski definition) is 3. The monoisotopic (exact) mass is 295 g/mol. The van der Waals surface area contributed by atoms with Gasteiger partial charge in [0.2, 0.25) is 0 Å². The maximum absolute atomic E-state index is 12.6. The number of amides is 1. The number of nitrogens with one attached hydrogen (secondary N) is 1. The van der Waals surface area contributed by atoms with Crippen LogP contribution in [0.1, 0.15) is 44.0 Å². The molecule has 0 spiro atoms. The minimum atomic E-state index is 0.0404. The van der Waals surface area contributed by atoms with Crippen molar-refractivity contribution in [3.63, 3.8) is 0 Å². The molecule has 1 aromatic rings. The van der Waals surface area contributed by atoms with Gasteiger partial charge < -0.3 is 10.2 Å². The van der Waals surface area contributed by atoms with E-state index >= 15 is 0 Å². The van der Waals surface area contributed by atoms with Gasteiger partial charge in [-0.1, -0.05) is 25.4 Å². The number of anilines is 1. The molecule has 0 radical (unpaired) electrons. The van der Waals surface area contributed by atoms with Crippen LogP contribution in [0.5, 0.6) is 0 Å². The Bertz CT molecular complexity index is 486. The maximum Gasteiger partial charge on any atom is 0.255 e. The van der Waals surface area contributed by atoms with Crippen molar-refractivity contribution >= 4 is 23.3 Å². The Morgan fingerprint density at radius 1 is 1.55 bits per heavy atom. The predicted molar refractivity (Wildman–Crippen MR) is 82.3 cm³/mol. The largest absolute Gasteiger partial charge is 0.369 e. The lowest BCUT2D eigenvalue weighted by atomic mass is 10.1. The van der Waals surface area contributed by atoms with Gasteiger partial charge in [-0.25, -0.2) is 4.98 Å². The van der Waals surface area contributed by atoms with Gasteiger partial charge in [-0.15, -0.1) is 0 Å². The topological polar surface area (TPSA) is 45.2 Å². The molecule has 0 bridgehead atoms. The lowest BCUT2D eigenvalue weighted by molar-refractivity contribution is 0.0722. The molecular formula is C15H22ClN3O. The molecule has 1 aliphatic carbocycles. The smallest absolute Gasteiger partial charge is 0.255 e. The van der Waals surface area contributed by atoms with E-state index in [0.29, 0.717) is 28.4 Å². The first-order valence-electron chi connectivity index (χ1n) is 7.23. The first kappa shape index (κ1) is 15.1. The molecule has 110 valence electrons. The van der Waals surface area contributed by atoms with Crippen LogP contribution in [-0.2, 0) is 0 Å². The van der Waals surface area contributed by atoms with Crippen molar-refractivity contribution in [2.45, 2.75) is 39.7 Å². The van der Waals surface area contributed by atoms with E-state index in [-0.39, 0.29) is 5.91 Å². The molecule has 20 heavy (non-hydrogen) atoms. The Morgan fingerprint density at radius 2 is 2.25 bits per heavy atom. The minimum absolute atomic E-state index is 0.0404. The van der Waals surface area contributed by atoms with E-state index < -0.39 is 0 Å². The quantitative estimate of drug-likeness (QED) is 0.874. The lowest BCUT2D eigenvalue weighted by Gasteiger charge is -2.24. The second-order valence-corrected chi connectivity index (χ2v) is 6.07. The van der Waals surface area contributed by atoms with Crippen LogP contribution < -0.4 is 5.32 Å². The van der Waals surface area contributed by atoms with Crippen LogP contribution in [0.15, 0.2) is 12.3 Å². The minimum Gasteiger partial charge on any atom is -0.369 e. The Labute approximate surface area is 125 Å².